The maximum Gasteiger partial charge on any atom is 0.248 e. The van der Waals surface area contributed by atoms with Crippen LogP contribution in [-0.4, -0.2) is 17.7 Å². The number of carbonyl (C=O) groups excluding carboxylic acids is 3. The molecular weight excluding hydrogens is 525 g/mol. The Balaban J connectivity index is 1.68. The van der Waals surface area contributed by atoms with Gasteiger partial charge in [-0.2, -0.15) is 0 Å². The van der Waals surface area contributed by atoms with Crippen molar-refractivity contribution in [3.63, 3.8) is 0 Å². The van der Waals surface area contributed by atoms with E-state index in [1.165, 1.54) is 0 Å². The molecule has 7 nitrogen and oxygen atoms in total. The highest BCUT2D eigenvalue weighted by Crippen LogP contribution is 2.24. The molecule has 0 aliphatic rings. The first-order valence-electron chi connectivity index (χ1n) is 12.4. The van der Waals surface area contributed by atoms with E-state index in [4.69, 9.17) is 33.7 Å². The molecule has 0 saturated heterocycles. The van der Waals surface area contributed by atoms with Crippen molar-refractivity contribution in [1.29, 1.82) is 0 Å². The molecule has 0 aliphatic carbocycles. The van der Waals surface area contributed by atoms with Gasteiger partial charge in [0.25, 0.3) is 0 Å². The topological polar surface area (TPSA) is 111 Å². The Hall–Kier alpha value is -3.55. The van der Waals surface area contributed by atoms with Crippen LogP contribution in [0.5, 0.6) is 5.75 Å². The van der Waals surface area contributed by atoms with Crippen molar-refractivity contribution in [2.75, 3.05) is 0 Å². The van der Waals surface area contributed by atoms with Crippen molar-refractivity contribution in [3.8, 4) is 5.75 Å². The molecule has 4 N–H and O–H groups in total. The second-order valence-electron chi connectivity index (χ2n) is 8.84. The van der Waals surface area contributed by atoms with Crippen molar-refractivity contribution >= 4 is 40.9 Å². The maximum absolute atomic E-state index is 13.2. The summed E-state index contributed by atoms with van der Waals surface area (Å²) in [5.74, 6) is -0.458. The standard InChI is InChI=1S/C29H31Cl2N3O4/c1-2-3-4-5-26(35)34-27(29(37)33-17-19-6-9-22(10-7-19)28(32)36)21-11-13-23(14-12-21)38-18-20-8-15-24(30)25(31)16-20/h6-16,27H,2-5,17-18H2,1H3,(H2,32,36)(H,33,37)(H,34,35)/t27-/m1/s1. The largest absolute Gasteiger partial charge is 0.489 e. The van der Waals surface area contributed by atoms with E-state index in [2.05, 4.69) is 17.6 Å². The molecule has 0 spiro atoms. The number of hydrogen-bond acceptors (Lipinski definition) is 4. The lowest BCUT2D eigenvalue weighted by molar-refractivity contribution is -0.129. The van der Waals surface area contributed by atoms with Crippen LogP contribution in [0.1, 0.15) is 65.7 Å². The molecule has 9 heteroatoms. The highest BCUT2D eigenvalue weighted by atomic mass is 35.5. The van der Waals surface area contributed by atoms with Crippen LogP contribution in [0.15, 0.2) is 66.7 Å². The molecule has 0 aliphatic heterocycles. The summed E-state index contributed by atoms with van der Waals surface area (Å²) < 4.78 is 5.84. The van der Waals surface area contributed by atoms with E-state index >= 15 is 0 Å². The summed E-state index contributed by atoms with van der Waals surface area (Å²) >= 11 is 12.0. The summed E-state index contributed by atoms with van der Waals surface area (Å²) in [4.78, 5) is 37.0. The third-order valence-corrected chi connectivity index (χ3v) is 6.62. The van der Waals surface area contributed by atoms with Crippen LogP contribution in [0, 0.1) is 0 Å². The number of primary amides is 1. The summed E-state index contributed by atoms with van der Waals surface area (Å²) in [5, 5.41) is 6.66. The monoisotopic (exact) mass is 555 g/mol. The molecular formula is C29H31Cl2N3O4. The van der Waals surface area contributed by atoms with E-state index in [1.807, 2.05) is 6.07 Å². The molecule has 3 amide bonds. The predicted octanol–water partition coefficient (Wildman–Crippen LogP) is 5.73. The Kier molecular flexibility index (Phi) is 11.0. The zero-order valence-corrected chi connectivity index (χ0v) is 22.6. The van der Waals surface area contributed by atoms with E-state index in [0.717, 1.165) is 30.4 Å². The van der Waals surface area contributed by atoms with E-state index in [0.29, 0.717) is 39.9 Å². The van der Waals surface area contributed by atoms with Crippen molar-refractivity contribution < 1.29 is 19.1 Å². The third kappa shape index (κ3) is 8.78. The Labute approximate surface area is 232 Å². The number of carbonyl (C=O) groups is 3. The molecule has 0 fully saturated rings. The van der Waals surface area contributed by atoms with E-state index in [9.17, 15) is 14.4 Å². The van der Waals surface area contributed by atoms with Crippen molar-refractivity contribution in [1.82, 2.24) is 10.6 Å². The number of nitrogens with two attached hydrogens (primary N) is 1. The minimum atomic E-state index is -0.877. The van der Waals surface area contributed by atoms with Gasteiger partial charge in [-0.25, -0.2) is 0 Å². The van der Waals surface area contributed by atoms with Gasteiger partial charge in [-0.05, 0) is 59.5 Å². The van der Waals surface area contributed by atoms with Gasteiger partial charge in [-0.3, -0.25) is 14.4 Å². The number of amides is 3. The van der Waals surface area contributed by atoms with E-state index < -0.39 is 11.9 Å². The van der Waals surface area contributed by atoms with Gasteiger partial charge in [0.2, 0.25) is 17.7 Å². The summed E-state index contributed by atoms with van der Waals surface area (Å²) in [5.41, 5.74) is 7.95. The van der Waals surface area contributed by atoms with Crippen LogP contribution in [0.3, 0.4) is 0 Å². The van der Waals surface area contributed by atoms with Gasteiger partial charge < -0.3 is 21.1 Å². The fraction of sp³-hybridized carbons (Fsp3) is 0.276. The van der Waals surface area contributed by atoms with Crippen LogP contribution in [0.2, 0.25) is 10.0 Å². The summed E-state index contributed by atoms with van der Waals surface area (Å²) in [6.07, 6.45) is 3.04. The minimum absolute atomic E-state index is 0.190. The zero-order valence-electron chi connectivity index (χ0n) is 21.1. The number of unbranched alkanes of at least 4 members (excludes halogenated alkanes) is 2. The quantitative estimate of drug-likeness (QED) is 0.234. The van der Waals surface area contributed by atoms with Crippen LogP contribution >= 0.6 is 23.2 Å². The fourth-order valence-corrected chi connectivity index (χ4v) is 4.02. The fourth-order valence-electron chi connectivity index (χ4n) is 3.70. The molecule has 3 aromatic carbocycles. The highest BCUT2D eigenvalue weighted by molar-refractivity contribution is 6.42. The molecule has 38 heavy (non-hydrogen) atoms. The van der Waals surface area contributed by atoms with Gasteiger partial charge in [0.15, 0.2) is 0 Å². The molecule has 0 bridgehead atoms. The lowest BCUT2D eigenvalue weighted by Gasteiger charge is -2.19. The first-order valence-corrected chi connectivity index (χ1v) is 13.1. The van der Waals surface area contributed by atoms with E-state index in [-0.39, 0.29) is 18.4 Å². The molecule has 1 atom stereocenters. The lowest BCUT2D eigenvalue weighted by atomic mass is 10.0. The average Bonchev–Trinajstić information content (AvgIpc) is 2.92. The van der Waals surface area contributed by atoms with Gasteiger partial charge in [0.1, 0.15) is 18.4 Å². The van der Waals surface area contributed by atoms with Gasteiger partial charge in [-0.15, -0.1) is 0 Å². The molecule has 0 saturated carbocycles. The third-order valence-electron chi connectivity index (χ3n) is 5.88. The van der Waals surface area contributed by atoms with E-state index in [1.54, 1.807) is 60.7 Å². The molecule has 3 aromatic rings. The molecule has 200 valence electrons. The van der Waals surface area contributed by atoms with Crippen LogP contribution < -0.4 is 21.1 Å². The van der Waals surface area contributed by atoms with Gasteiger partial charge in [0, 0.05) is 18.5 Å². The Morgan fingerprint density at radius 2 is 1.58 bits per heavy atom. The van der Waals surface area contributed by atoms with Crippen LogP contribution in [-0.2, 0) is 22.7 Å². The summed E-state index contributed by atoms with van der Waals surface area (Å²) in [7, 11) is 0. The van der Waals surface area contributed by atoms with Gasteiger partial charge >= 0.3 is 0 Å². The lowest BCUT2D eigenvalue weighted by Crippen LogP contribution is -2.40. The normalized spacial score (nSPS) is 11.4. The number of rotatable bonds is 13. The number of hydrogen-bond donors (Lipinski definition) is 3. The summed E-state index contributed by atoms with van der Waals surface area (Å²) in [6, 6.07) is 18.1. The smallest absolute Gasteiger partial charge is 0.248 e. The number of ether oxygens (including phenoxy) is 1. The minimum Gasteiger partial charge on any atom is -0.489 e. The van der Waals surface area contributed by atoms with Crippen molar-refractivity contribution in [2.45, 2.75) is 51.8 Å². The second-order valence-corrected chi connectivity index (χ2v) is 9.66. The zero-order chi connectivity index (χ0) is 27.5. The van der Waals surface area contributed by atoms with Gasteiger partial charge in [-0.1, -0.05) is 73.3 Å². The molecule has 0 heterocycles. The predicted molar refractivity (Wildman–Crippen MR) is 149 cm³/mol. The highest BCUT2D eigenvalue weighted by Gasteiger charge is 2.22. The molecule has 0 unspecified atom stereocenters. The number of benzene rings is 3. The first kappa shape index (κ1) is 29.0. The van der Waals surface area contributed by atoms with Gasteiger partial charge in [0.05, 0.1) is 10.0 Å². The van der Waals surface area contributed by atoms with Crippen molar-refractivity contribution in [2.24, 2.45) is 5.73 Å². The Bertz CT molecular complexity index is 1250. The first-order chi connectivity index (χ1) is 18.3. The Morgan fingerprint density at radius 3 is 2.21 bits per heavy atom. The second kappa shape index (κ2) is 14.4. The molecule has 3 rings (SSSR count). The maximum atomic E-state index is 13.2. The van der Waals surface area contributed by atoms with Crippen LogP contribution in [0.4, 0.5) is 0 Å². The number of halogens is 2. The Morgan fingerprint density at radius 1 is 0.895 bits per heavy atom. The van der Waals surface area contributed by atoms with Crippen LogP contribution in [0.25, 0.3) is 0 Å². The summed E-state index contributed by atoms with van der Waals surface area (Å²) in [6.45, 7) is 2.59. The molecule has 0 aromatic heterocycles. The molecule has 0 radical (unpaired) electrons. The SMILES string of the molecule is CCCCCC(=O)N[C@@H](C(=O)NCc1ccc(C(N)=O)cc1)c1ccc(OCc2ccc(Cl)c(Cl)c2)cc1. The van der Waals surface area contributed by atoms with Crippen molar-refractivity contribution in [3.05, 3.63) is 99.0 Å². The average molecular weight is 556 g/mol. The number of nitrogens with one attached hydrogen (secondary N) is 2.